The molecule has 0 bridgehead atoms. The lowest BCUT2D eigenvalue weighted by Crippen LogP contribution is -2.43. The molecule has 3 unspecified atom stereocenters. The van der Waals surface area contributed by atoms with Crippen molar-refractivity contribution in [3.63, 3.8) is 0 Å². The number of hydrogen-bond acceptors (Lipinski definition) is 4. The second-order valence-electron chi connectivity index (χ2n) is 4.12. The van der Waals surface area contributed by atoms with E-state index in [-0.39, 0.29) is 12.7 Å². The van der Waals surface area contributed by atoms with Gasteiger partial charge in [0.05, 0.1) is 12.7 Å². The Bertz CT molecular complexity index is 222. The van der Waals surface area contributed by atoms with Crippen LogP contribution in [0.3, 0.4) is 0 Å². The molecule has 1 rings (SSSR count). The molecule has 0 radical (unpaired) electrons. The lowest BCUT2D eigenvalue weighted by Gasteiger charge is -2.20. The highest BCUT2D eigenvalue weighted by Crippen LogP contribution is 2.22. The summed E-state index contributed by atoms with van der Waals surface area (Å²) in [6.45, 7) is 3.75. The fraction of sp³-hybridized carbons (Fsp3) is 0.909. The molecule has 5 heteroatoms. The summed E-state index contributed by atoms with van der Waals surface area (Å²) in [5.41, 5.74) is 0. The fourth-order valence-corrected chi connectivity index (χ4v) is 2.06. The predicted octanol–water partition coefficient (Wildman–Crippen LogP) is 0.491. The highest BCUT2D eigenvalue weighted by Gasteiger charge is 2.28. The average molecular weight is 231 g/mol. The van der Waals surface area contributed by atoms with E-state index in [1.807, 2.05) is 0 Å². The lowest BCUT2D eigenvalue weighted by molar-refractivity contribution is -0.140. The zero-order valence-corrected chi connectivity index (χ0v) is 9.94. The van der Waals surface area contributed by atoms with E-state index in [0.29, 0.717) is 12.5 Å². The molecule has 2 N–H and O–H groups in total. The lowest BCUT2D eigenvalue weighted by atomic mass is 9.99. The summed E-state index contributed by atoms with van der Waals surface area (Å²) >= 11 is 0. The van der Waals surface area contributed by atoms with E-state index in [0.717, 1.165) is 19.4 Å². The van der Waals surface area contributed by atoms with E-state index >= 15 is 0 Å². The van der Waals surface area contributed by atoms with Gasteiger partial charge in [-0.1, -0.05) is 6.92 Å². The summed E-state index contributed by atoms with van der Waals surface area (Å²) in [5, 5.41) is 11.9. The van der Waals surface area contributed by atoms with Crippen molar-refractivity contribution in [2.45, 2.75) is 31.9 Å². The smallest absolute Gasteiger partial charge is 0.323 e. The molecule has 1 aliphatic rings. The van der Waals surface area contributed by atoms with Crippen molar-refractivity contribution in [2.24, 2.45) is 5.92 Å². The van der Waals surface area contributed by atoms with Crippen molar-refractivity contribution >= 4 is 5.97 Å². The molecule has 0 saturated carbocycles. The van der Waals surface area contributed by atoms with E-state index in [1.165, 1.54) is 7.11 Å². The van der Waals surface area contributed by atoms with Gasteiger partial charge >= 0.3 is 5.97 Å². The van der Waals surface area contributed by atoms with Crippen LogP contribution < -0.4 is 5.32 Å². The van der Waals surface area contributed by atoms with Gasteiger partial charge in [-0.3, -0.25) is 4.79 Å². The van der Waals surface area contributed by atoms with Crippen LogP contribution in [0.15, 0.2) is 0 Å². The third-order valence-corrected chi connectivity index (χ3v) is 3.01. The number of methoxy groups -OCH3 is 1. The second-order valence-corrected chi connectivity index (χ2v) is 4.12. The molecule has 94 valence electrons. The molecule has 1 saturated heterocycles. The average Bonchev–Trinajstić information content (AvgIpc) is 2.71. The highest BCUT2D eigenvalue weighted by molar-refractivity contribution is 5.73. The van der Waals surface area contributed by atoms with Crippen LogP contribution in [-0.2, 0) is 14.3 Å². The minimum absolute atomic E-state index is 0.194. The Morgan fingerprint density at radius 1 is 1.69 bits per heavy atom. The molecule has 3 atom stereocenters. The Morgan fingerprint density at radius 3 is 3.00 bits per heavy atom. The topological polar surface area (TPSA) is 67.8 Å². The maximum absolute atomic E-state index is 10.9. The van der Waals surface area contributed by atoms with Crippen LogP contribution in [0, 0.1) is 5.92 Å². The monoisotopic (exact) mass is 231 g/mol. The van der Waals surface area contributed by atoms with Gasteiger partial charge in [0.25, 0.3) is 0 Å². The molecular weight excluding hydrogens is 210 g/mol. The van der Waals surface area contributed by atoms with E-state index in [2.05, 4.69) is 12.2 Å². The molecule has 0 aromatic rings. The second kappa shape index (κ2) is 6.83. The van der Waals surface area contributed by atoms with Crippen molar-refractivity contribution in [3.05, 3.63) is 0 Å². The first-order chi connectivity index (χ1) is 7.69. The number of rotatable bonds is 7. The van der Waals surface area contributed by atoms with Crippen LogP contribution in [0.2, 0.25) is 0 Å². The quantitative estimate of drug-likeness (QED) is 0.667. The van der Waals surface area contributed by atoms with Gasteiger partial charge < -0.3 is 19.9 Å². The van der Waals surface area contributed by atoms with Gasteiger partial charge in [0.1, 0.15) is 6.04 Å². The van der Waals surface area contributed by atoms with Crippen LogP contribution in [-0.4, -0.2) is 50.1 Å². The molecule has 1 heterocycles. The summed E-state index contributed by atoms with van der Waals surface area (Å²) in [6.07, 6.45) is 2.25. The fourth-order valence-electron chi connectivity index (χ4n) is 2.06. The zero-order chi connectivity index (χ0) is 12.0. The minimum atomic E-state index is -0.867. The first-order valence-corrected chi connectivity index (χ1v) is 5.75. The maximum Gasteiger partial charge on any atom is 0.323 e. The van der Waals surface area contributed by atoms with Crippen molar-refractivity contribution in [1.29, 1.82) is 0 Å². The first-order valence-electron chi connectivity index (χ1n) is 5.75. The number of aliphatic carboxylic acids is 1. The Balaban J connectivity index is 2.33. The third-order valence-electron chi connectivity index (χ3n) is 3.01. The van der Waals surface area contributed by atoms with Crippen LogP contribution in [0.4, 0.5) is 0 Å². The van der Waals surface area contributed by atoms with Crippen molar-refractivity contribution < 1.29 is 19.4 Å². The molecule has 1 fully saturated rings. The summed E-state index contributed by atoms with van der Waals surface area (Å²) in [7, 11) is 1.51. The molecule has 0 aliphatic carbocycles. The van der Waals surface area contributed by atoms with Crippen molar-refractivity contribution in [3.8, 4) is 0 Å². The Morgan fingerprint density at radius 2 is 2.44 bits per heavy atom. The number of ether oxygens (including phenoxy) is 2. The van der Waals surface area contributed by atoms with Gasteiger partial charge in [-0.25, -0.2) is 0 Å². The van der Waals surface area contributed by atoms with E-state index in [9.17, 15) is 4.79 Å². The number of carboxylic acid groups (broad SMARTS) is 1. The maximum atomic E-state index is 10.9. The summed E-state index contributed by atoms with van der Waals surface area (Å²) in [5.74, 6) is -0.447. The van der Waals surface area contributed by atoms with Gasteiger partial charge in [-0.05, 0) is 18.8 Å². The standard InChI is InChI=1S/C11H21NO4/c1-3-10-8(4-5-16-10)6-12-9(7-15-2)11(13)14/h8-10,12H,3-7H2,1-2H3,(H,13,14). The van der Waals surface area contributed by atoms with E-state index < -0.39 is 12.0 Å². The number of hydrogen-bond donors (Lipinski definition) is 2. The highest BCUT2D eigenvalue weighted by atomic mass is 16.5. The van der Waals surface area contributed by atoms with Crippen molar-refractivity contribution in [1.82, 2.24) is 5.32 Å². The summed E-state index contributed by atoms with van der Waals surface area (Å²) in [4.78, 5) is 10.9. The normalized spacial score (nSPS) is 26.9. The molecule has 16 heavy (non-hydrogen) atoms. The Hall–Kier alpha value is -0.650. The SMILES string of the molecule is CCC1OCCC1CNC(COC)C(=O)O. The van der Waals surface area contributed by atoms with Crippen LogP contribution >= 0.6 is 0 Å². The summed E-state index contributed by atoms with van der Waals surface area (Å²) < 4.78 is 10.4. The molecule has 5 nitrogen and oxygen atoms in total. The van der Waals surface area contributed by atoms with Gasteiger partial charge in [-0.2, -0.15) is 0 Å². The Kier molecular flexibility index (Phi) is 5.73. The Labute approximate surface area is 96.1 Å². The third kappa shape index (κ3) is 3.73. The van der Waals surface area contributed by atoms with Crippen LogP contribution in [0.1, 0.15) is 19.8 Å². The minimum Gasteiger partial charge on any atom is -0.480 e. The molecule has 0 spiro atoms. The van der Waals surface area contributed by atoms with Gasteiger partial charge in [0.15, 0.2) is 0 Å². The van der Waals surface area contributed by atoms with Crippen LogP contribution in [0.5, 0.6) is 0 Å². The number of carboxylic acids is 1. The summed E-state index contributed by atoms with van der Waals surface area (Å²) in [6, 6.07) is -0.622. The van der Waals surface area contributed by atoms with Crippen LogP contribution in [0.25, 0.3) is 0 Å². The molecule has 1 aliphatic heterocycles. The molecule has 0 aromatic heterocycles. The first kappa shape index (κ1) is 13.4. The molecular formula is C11H21NO4. The van der Waals surface area contributed by atoms with E-state index in [1.54, 1.807) is 0 Å². The largest absolute Gasteiger partial charge is 0.480 e. The number of carbonyl (C=O) groups is 1. The van der Waals surface area contributed by atoms with E-state index in [4.69, 9.17) is 14.6 Å². The van der Waals surface area contributed by atoms with Gasteiger partial charge in [-0.15, -0.1) is 0 Å². The van der Waals surface area contributed by atoms with Gasteiger partial charge in [0, 0.05) is 20.3 Å². The predicted molar refractivity (Wildman–Crippen MR) is 59.4 cm³/mol. The van der Waals surface area contributed by atoms with Crippen molar-refractivity contribution in [2.75, 3.05) is 26.9 Å². The molecule has 0 aromatic carbocycles. The van der Waals surface area contributed by atoms with Gasteiger partial charge in [0.2, 0.25) is 0 Å². The molecule has 0 amide bonds. The number of nitrogens with one attached hydrogen (secondary N) is 1. The zero-order valence-electron chi connectivity index (χ0n) is 9.94.